The average Bonchev–Trinajstić information content (AvgIpc) is 2.42. The molecule has 0 unspecified atom stereocenters. The van der Waals surface area contributed by atoms with Crippen LogP contribution < -0.4 is 9.64 Å². The number of carboxylic acids is 1. The maximum absolute atomic E-state index is 11.1. The van der Waals surface area contributed by atoms with Gasteiger partial charge in [0.15, 0.2) is 0 Å². The zero-order chi connectivity index (χ0) is 16.0. The van der Waals surface area contributed by atoms with Gasteiger partial charge in [-0.2, -0.15) is 4.98 Å². The molecule has 21 heavy (non-hydrogen) atoms. The van der Waals surface area contributed by atoms with Crippen molar-refractivity contribution >= 4 is 17.5 Å². The molecule has 0 atom stereocenters. The van der Waals surface area contributed by atoms with Crippen LogP contribution in [0.4, 0.5) is 11.5 Å². The van der Waals surface area contributed by atoms with Gasteiger partial charge in [0.25, 0.3) is 0 Å². The second kappa shape index (κ2) is 7.39. The van der Waals surface area contributed by atoms with E-state index in [1.165, 1.54) is 24.1 Å². The van der Waals surface area contributed by atoms with Crippen LogP contribution in [0.25, 0.3) is 0 Å². The van der Waals surface area contributed by atoms with Gasteiger partial charge in [0, 0.05) is 25.2 Å². The largest absolute Gasteiger partial charge is 0.481 e. The molecule has 9 nitrogen and oxygen atoms in total. The van der Waals surface area contributed by atoms with Crippen molar-refractivity contribution in [1.29, 1.82) is 0 Å². The maximum Gasteiger partial charge on any atom is 0.323 e. The van der Waals surface area contributed by atoms with Gasteiger partial charge < -0.3 is 19.6 Å². The van der Waals surface area contributed by atoms with Crippen LogP contribution in [0.15, 0.2) is 12.1 Å². The van der Waals surface area contributed by atoms with Crippen LogP contribution in [-0.2, 0) is 4.79 Å². The summed E-state index contributed by atoms with van der Waals surface area (Å²) in [5.41, 5.74) is -0.254. The second-order valence-corrected chi connectivity index (χ2v) is 4.57. The summed E-state index contributed by atoms with van der Waals surface area (Å²) >= 11 is 0. The average molecular weight is 298 g/mol. The van der Waals surface area contributed by atoms with Gasteiger partial charge in [-0.3, -0.25) is 14.9 Å². The number of hydrogen-bond donors (Lipinski definition) is 1. The van der Waals surface area contributed by atoms with Gasteiger partial charge in [-0.05, 0) is 14.1 Å². The van der Waals surface area contributed by atoms with E-state index in [2.05, 4.69) is 4.98 Å². The summed E-state index contributed by atoms with van der Waals surface area (Å²) < 4.78 is 4.95. The third kappa shape index (κ3) is 4.88. The molecule has 9 heteroatoms. The molecule has 0 aliphatic carbocycles. The first-order chi connectivity index (χ1) is 9.85. The van der Waals surface area contributed by atoms with Crippen LogP contribution in [0.2, 0.25) is 0 Å². The number of nitrogens with zero attached hydrogens (tertiary/aromatic N) is 4. The zero-order valence-electron chi connectivity index (χ0n) is 12.1. The second-order valence-electron chi connectivity index (χ2n) is 4.57. The van der Waals surface area contributed by atoms with Crippen LogP contribution in [0, 0.1) is 10.1 Å². The molecule has 116 valence electrons. The van der Waals surface area contributed by atoms with Crippen molar-refractivity contribution in [1.82, 2.24) is 9.88 Å². The van der Waals surface area contributed by atoms with Crippen molar-refractivity contribution in [2.24, 2.45) is 0 Å². The third-order valence-electron chi connectivity index (χ3n) is 2.68. The highest BCUT2D eigenvalue weighted by Crippen LogP contribution is 2.28. The molecular formula is C12H18N4O5. The molecule has 0 spiro atoms. The zero-order valence-corrected chi connectivity index (χ0v) is 12.1. The summed E-state index contributed by atoms with van der Waals surface area (Å²) in [5.74, 6) is -0.910. The predicted molar refractivity (Wildman–Crippen MR) is 75.8 cm³/mol. The van der Waals surface area contributed by atoms with Gasteiger partial charge >= 0.3 is 11.7 Å². The normalized spacial score (nSPS) is 10.5. The highest BCUT2D eigenvalue weighted by molar-refractivity contribution is 5.75. The number of likely N-dealkylation sites (N-methyl/N-ethyl adjacent to an activating group) is 1. The number of carboxylic acid groups (broad SMARTS) is 1. The summed E-state index contributed by atoms with van der Waals surface area (Å²) in [5, 5.41) is 20.1. The van der Waals surface area contributed by atoms with E-state index in [0.29, 0.717) is 13.1 Å². The molecule has 0 saturated carbocycles. The molecule has 1 aromatic rings. The molecule has 0 aromatic carbocycles. The quantitative estimate of drug-likeness (QED) is 0.544. The molecule has 0 fully saturated rings. The Morgan fingerprint density at radius 2 is 2.10 bits per heavy atom. The standard InChI is InChI=1S/C12H18N4O5/c1-14(2)6-7-15(8-11(17)18)12-9(16(19)20)4-5-10(13-12)21-3/h4-5H,6-8H2,1-3H3,(H,17,18). The summed E-state index contributed by atoms with van der Waals surface area (Å²) in [7, 11) is 5.04. The predicted octanol–water partition coefficient (Wildman–Crippen LogP) is 0.451. The minimum Gasteiger partial charge on any atom is -0.481 e. The SMILES string of the molecule is COc1ccc([N+](=O)[O-])c(N(CCN(C)C)CC(=O)O)n1. The molecule has 0 saturated heterocycles. The number of hydrogen-bond acceptors (Lipinski definition) is 7. The molecule has 1 heterocycles. The van der Waals surface area contributed by atoms with E-state index in [9.17, 15) is 14.9 Å². The summed E-state index contributed by atoms with van der Waals surface area (Å²) in [6.45, 7) is 0.443. The van der Waals surface area contributed by atoms with Crippen molar-refractivity contribution in [3.05, 3.63) is 22.2 Å². The Morgan fingerprint density at radius 1 is 1.43 bits per heavy atom. The van der Waals surface area contributed by atoms with Gasteiger partial charge in [0.2, 0.25) is 11.7 Å². The van der Waals surface area contributed by atoms with Gasteiger partial charge in [0.05, 0.1) is 12.0 Å². The number of ether oxygens (including phenoxy) is 1. The van der Waals surface area contributed by atoms with Gasteiger partial charge in [-0.15, -0.1) is 0 Å². The summed E-state index contributed by atoms with van der Waals surface area (Å²) in [6, 6.07) is 2.62. The fourth-order valence-corrected chi connectivity index (χ4v) is 1.66. The lowest BCUT2D eigenvalue weighted by atomic mass is 10.3. The first-order valence-corrected chi connectivity index (χ1v) is 6.16. The Balaban J connectivity index is 3.19. The Hall–Kier alpha value is -2.42. The number of nitro groups is 1. The molecule has 0 bridgehead atoms. The molecule has 0 aliphatic rings. The number of aliphatic carboxylic acids is 1. The van der Waals surface area contributed by atoms with E-state index in [-0.39, 0.29) is 23.9 Å². The fourth-order valence-electron chi connectivity index (χ4n) is 1.66. The molecule has 1 rings (SSSR count). The van der Waals surface area contributed by atoms with E-state index < -0.39 is 10.9 Å². The third-order valence-corrected chi connectivity index (χ3v) is 2.68. The Labute approximate surface area is 121 Å². The van der Waals surface area contributed by atoms with E-state index in [1.807, 2.05) is 19.0 Å². The van der Waals surface area contributed by atoms with Crippen molar-refractivity contribution in [2.75, 3.05) is 45.7 Å². The summed E-state index contributed by atoms with van der Waals surface area (Å²) in [4.78, 5) is 28.7. The van der Waals surface area contributed by atoms with E-state index in [0.717, 1.165) is 0 Å². The number of anilines is 1. The first kappa shape index (κ1) is 16.6. The highest BCUT2D eigenvalue weighted by atomic mass is 16.6. The number of rotatable bonds is 8. The smallest absolute Gasteiger partial charge is 0.323 e. The Morgan fingerprint density at radius 3 is 2.57 bits per heavy atom. The number of carbonyl (C=O) groups is 1. The lowest BCUT2D eigenvalue weighted by molar-refractivity contribution is -0.384. The van der Waals surface area contributed by atoms with Crippen molar-refractivity contribution in [3.63, 3.8) is 0 Å². The van der Waals surface area contributed by atoms with Crippen molar-refractivity contribution in [2.45, 2.75) is 0 Å². The van der Waals surface area contributed by atoms with Crippen molar-refractivity contribution in [3.8, 4) is 5.88 Å². The summed E-state index contributed by atoms with van der Waals surface area (Å²) in [6.07, 6.45) is 0. The molecule has 0 radical (unpaired) electrons. The number of aromatic nitrogens is 1. The van der Waals surface area contributed by atoms with E-state index in [1.54, 1.807) is 0 Å². The molecule has 1 N–H and O–H groups in total. The van der Waals surface area contributed by atoms with Gasteiger partial charge in [-0.25, -0.2) is 0 Å². The number of pyridine rings is 1. The lowest BCUT2D eigenvalue weighted by Gasteiger charge is -2.23. The monoisotopic (exact) mass is 298 g/mol. The minimum absolute atomic E-state index is 0.0106. The molecular weight excluding hydrogens is 280 g/mol. The Kier molecular flexibility index (Phi) is 5.85. The maximum atomic E-state index is 11.1. The van der Waals surface area contributed by atoms with E-state index >= 15 is 0 Å². The van der Waals surface area contributed by atoms with Crippen LogP contribution >= 0.6 is 0 Å². The van der Waals surface area contributed by atoms with Crippen LogP contribution in [0.3, 0.4) is 0 Å². The molecule has 0 aliphatic heterocycles. The minimum atomic E-state index is -1.09. The van der Waals surface area contributed by atoms with Crippen molar-refractivity contribution < 1.29 is 19.6 Å². The van der Waals surface area contributed by atoms with Crippen LogP contribution in [0.5, 0.6) is 5.88 Å². The Bertz CT molecular complexity index is 520. The molecule has 1 aromatic heterocycles. The number of methoxy groups -OCH3 is 1. The van der Waals surface area contributed by atoms with Gasteiger partial charge in [0.1, 0.15) is 6.54 Å². The van der Waals surface area contributed by atoms with Gasteiger partial charge in [-0.1, -0.05) is 0 Å². The fraction of sp³-hybridized carbons (Fsp3) is 0.500. The topological polar surface area (TPSA) is 109 Å². The van der Waals surface area contributed by atoms with Crippen LogP contribution in [0.1, 0.15) is 0 Å². The van der Waals surface area contributed by atoms with Crippen LogP contribution in [-0.4, -0.2) is 66.7 Å². The van der Waals surface area contributed by atoms with E-state index in [4.69, 9.17) is 9.84 Å². The lowest BCUT2D eigenvalue weighted by Crippen LogP contribution is -2.36. The first-order valence-electron chi connectivity index (χ1n) is 6.16. The highest BCUT2D eigenvalue weighted by Gasteiger charge is 2.24. The molecule has 0 amide bonds.